The molecule has 0 aliphatic rings. The lowest BCUT2D eigenvalue weighted by Crippen LogP contribution is -2.20. The fourth-order valence-corrected chi connectivity index (χ4v) is 1.73. The standard InChI is InChI=1S/C10H9F4IN2O3/c11-6-3-8(9(17(18)19)4-7(6)15)16-1-2-20-5-10(12,13)14/h3-4,16H,1-2,5H2. The van der Waals surface area contributed by atoms with E-state index in [1.165, 1.54) is 0 Å². The molecule has 0 bridgehead atoms. The van der Waals surface area contributed by atoms with Gasteiger partial charge in [-0.2, -0.15) is 13.2 Å². The molecule has 0 fully saturated rings. The van der Waals surface area contributed by atoms with Crippen molar-refractivity contribution in [2.45, 2.75) is 6.18 Å². The molecule has 1 rings (SSSR count). The fourth-order valence-electron chi connectivity index (χ4n) is 1.27. The van der Waals surface area contributed by atoms with Gasteiger partial charge in [-0.3, -0.25) is 10.1 Å². The van der Waals surface area contributed by atoms with Crippen molar-refractivity contribution in [3.63, 3.8) is 0 Å². The zero-order valence-electron chi connectivity index (χ0n) is 9.84. The van der Waals surface area contributed by atoms with Crippen LogP contribution in [0.5, 0.6) is 0 Å². The Hall–Kier alpha value is -1.17. The number of nitrogens with zero attached hydrogens (tertiary/aromatic N) is 1. The van der Waals surface area contributed by atoms with E-state index < -0.39 is 23.5 Å². The van der Waals surface area contributed by atoms with Crippen LogP contribution in [0, 0.1) is 19.5 Å². The highest BCUT2D eigenvalue weighted by Crippen LogP contribution is 2.28. The van der Waals surface area contributed by atoms with E-state index in [4.69, 9.17) is 0 Å². The molecule has 0 saturated heterocycles. The summed E-state index contributed by atoms with van der Waals surface area (Å²) < 4.78 is 53.1. The second-order valence-corrected chi connectivity index (χ2v) is 4.80. The number of ether oxygens (including phenoxy) is 1. The second kappa shape index (κ2) is 7.02. The largest absolute Gasteiger partial charge is 0.411 e. The maximum absolute atomic E-state index is 13.3. The number of halogens is 5. The van der Waals surface area contributed by atoms with Crippen molar-refractivity contribution in [2.24, 2.45) is 0 Å². The van der Waals surface area contributed by atoms with Gasteiger partial charge in [0.1, 0.15) is 18.1 Å². The van der Waals surface area contributed by atoms with Crippen LogP contribution in [-0.2, 0) is 4.74 Å². The molecule has 0 radical (unpaired) electrons. The summed E-state index contributed by atoms with van der Waals surface area (Å²) in [5, 5.41) is 13.2. The first kappa shape index (κ1) is 16.9. The topological polar surface area (TPSA) is 64.4 Å². The first-order valence-corrected chi connectivity index (χ1v) is 6.30. The Kier molecular flexibility index (Phi) is 5.92. The number of anilines is 1. The third-order valence-corrected chi connectivity index (χ3v) is 2.89. The molecule has 0 aliphatic carbocycles. The summed E-state index contributed by atoms with van der Waals surface area (Å²) in [6.07, 6.45) is -4.43. The van der Waals surface area contributed by atoms with E-state index >= 15 is 0 Å². The van der Waals surface area contributed by atoms with Crippen LogP contribution in [0.2, 0.25) is 0 Å². The third kappa shape index (κ3) is 5.45. The summed E-state index contributed by atoms with van der Waals surface area (Å²) in [5.74, 6) is -0.657. The lowest BCUT2D eigenvalue weighted by molar-refractivity contribution is -0.384. The maximum atomic E-state index is 13.3. The van der Waals surface area contributed by atoms with Gasteiger partial charge in [-0.1, -0.05) is 0 Å². The van der Waals surface area contributed by atoms with Gasteiger partial charge in [0.15, 0.2) is 0 Å². The quantitative estimate of drug-likeness (QED) is 0.258. The number of hydrogen-bond donors (Lipinski definition) is 1. The Balaban J connectivity index is 2.59. The highest BCUT2D eigenvalue weighted by atomic mass is 127. The summed E-state index contributed by atoms with van der Waals surface area (Å²) in [4.78, 5) is 10.1. The zero-order chi connectivity index (χ0) is 15.3. The van der Waals surface area contributed by atoms with E-state index in [1.807, 2.05) is 0 Å². The van der Waals surface area contributed by atoms with E-state index in [-0.39, 0.29) is 28.1 Å². The molecule has 0 atom stereocenters. The molecule has 0 saturated carbocycles. The van der Waals surface area contributed by atoms with E-state index in [0.29, 0.717) is 0 Å². The molecule has 10 heteroatoms. The molecule has 5 nitrogen and oxygen atoms in total. The number of nitrogens with one attached hydrogen (secondary N) is 1. The first-order chi connectivity index (χ1) is 9.20. The van der Waals surface area contributed by atoms with E-state index in [2.05, 4.69) is 10.1 Å². The van der Waals surface area contributed by atoms with Gasteiger partial charge < -0.3 is 10.1 Å². The second-order valence-electron chi connectivity index (χ2n) is 3.64. The molecule has 1 aromatic rings. The maximum Gasteiger partial charge on any atom is 0.411 e. The monoisotopic (exact) mass is 408 g/mol. The SMILES string of the molecule is O=[N+]([O-])c1cc(I)c(F)cc1NCCOCC(F)(F)F. The van der Waals surface area contributed by atoms with E-state index in [9.17, 15) is 27.7 Å². The molecule has 0 spiro atoms. The number of rotatable bonds is 6. The molecule has 112 valence electrons. The number of nitro groups is 1. The lowest BCUT2D eigenvalue weighted by Gasteiger charge is -2.10. The fraction of sp³-hybridized carbons (Fsp3) is 0.400. The molecule has 0 heterocycles. The van der Waals surface area contributed by atoms with Gasteiger partial charge in [-0.25, -0.2) is 4.39 Å². The summed E-state index contributed by atoms with van der Waals surface area (Å²) in [6.45, 7) is -1.83. The van der Waals surface area contributed by atoms with Gasteiger partial charge >= 0.3 is 6.18 Å². The van der Waals surface area contributed by atoms with Crippen molar-refractivity contribution < 1.29 is 27.2 Å². The molecule has 1 N–H and O–H groups in total. The average Bonchev–Trinajstić information content (AvgIpc) is 2.31. The van der Waals surface area contributed by atoms with E-state index in [1.54, 1.807) is 22.6 Å². The molecule has 0 amide bonds. The average molecular weight is 408 g/mol. The van der Waals surface area contributed by atoms with Crippen LogP contribution in [0.3, 0.4) is 0 Å². The summed E-state index contributed by atoms with van der Waals surface area (Å²) in [5.41, 5.74) is -0.463. The number of benzene rings is 1. The van der Waals surface area contributed by atoms with Crippen LogP contribution in [0.1, 0.15) is 0 Å². The minimum atomic E-state index is -4.43. The molecule has 0 aliphatic heterocycles. The van der Waals surface area contributed by atoms with Gasteiger partial charge in [-0.15, -0.1) is 0 Å². The predicted molar refractivity (Wildman–Crippen MR) is 71.1 cm³/mol. The smallest absolute Gasteiger partial charge is 0.377 e. The molecule has 1 aromatic carbocycles. The van der Waals surface area contributed by atoms with Crippen LogP contribution < -0.4 is 5.32 Å². The predicted octanol–water partition coefficient (Wildman–Crippen LogP) is 3.33. The minimum absolute atomic E-state index is 0.0770. The molecular formula is C10H9F4IN2O3. The van der Waals surface area contributed by atoms with Crippen LogP contribution in [0.4, 0.5) is 28.9 Å². The van der Waals surface area contributed by atoms with Crippen molar-refractivity contribution in [1.29, 1.82) is 0 Å². The lowest BCUT2D eigenvalue weighted by atomic mass is 10.2. The van der Waals surface area contributed by atoms with Crippen molar-refractivity contribution in [1.82, 2.24) is 0 Å². The van der Waals surface area contributed by atoms with Gasteiger partial charge in [-0.05, 0) is 22.6 Å². The highest BCUT2D eigenvalue weighted by Gasteiger charge is 2.27. The summed E-state index contributed by atoms with van der Waals surface area (Å²) in [6, 6.07) is 1.96. The van der Waals surface area contributed by atoms with Gasteiger partial charge in [0, 0.05) is 18.7 Å². The normalized spacial score (nSPS) is 11.4. The summed E-state index contributed by atoms with van der Waals surface area (Å²) in [7, 11) is 0. The van der Waals surface area contributed by atoms with Gasteiger partial charge in [0.05, 0.1) is 15.1 Å². The molecule has 0 unspecified atom stereocenters. The highest BCUT2D eigenvalue weighted by molar-refractivity contribution is 14.1. The molecule has 20 heavy (non-hydrogen) atoms. The van der Waals surface area contributed by atoms with Crippen LogP contribution in [0.15, 0.2) is 12.1 Å². The first-order valence-electron chi connectivity index (χ1n) is 5.22. The molecule has 0 aromatic heterocycles. The minimum Gasteiger partial charge on any atom is -0.377 e. The number of nitro benzene ring substituents is 1. The van der Waals surface area contributed by atoms with Gasteiger partial charge in [0.2, 0.25) is 0 Å². The summed E-state index contributed by atoms with van der Waals surface area (Å²) >= 11 is 1.60. The Morgan fingerprint density at radius 2 is 2.05 bits per heavy atom. The van der Waals surface area contributed by atoms with Crippen molar-refractivity contribution in [3.8, 4) is 0 Å². The van der Waals surface area contributed by atoms with Crippen LogP contribution in [0.25, 0.3) is 0 Å². The Labute approximate surface area is 124 Å². The Morgan fingerprint density at radius 1 is 1.40 bits per heavy atom. The van der Waals surface area contributed by atoms with Crippen LogP contribution in [-0.4, -0.2) is 30.9 Å². The Bertz CT molecular complexity index is 496. The van der Waals surface area contributed by atoms with Crippen molar-refractivity contribution in [2.75, 3.05) is 25.1 Å². The zero-order valence-corrected chi connectivity index (χ0v) is 12.0. The van der Waals surface area contributed by atoms with E-state index in [0.717, 1.165) is 12.1 Å². The molecular weight excluding hydrogens is 399 g/mol. The number of alkyl halides is 3. The van der Waals surface area contributed by atoms with Crippen molar-refractivity contribution in [3.05, 3.63) is 31.6 Å². The third-order valence-electron chi connectivity index (χ3n) is 2.06. The van der Waals surface area contributed by atoms with Gasteiger partial charge in [0.25, 0.3) is 5.69 Å². The Morgan fingerprint density at radius 3 is 2.60 bits per heavy atom. The number of hydrogen-bond acceptors (Lipinski definition) is 4. The van der Waals surface area contributed by atoms with Crippen LogP contribution >= 0.6 is 22.6 Å². The van der Waals surface area contributed by atoms with Crippen molar-refractivity contribution >= 4 is 34.0 Å².